The molecule has 2 rings (SSSR count). The van der Waals surface area contributed by atoms with E-state index >= 15 is 0 Å². The fraction of sp³-hybridized carbons (Fsp3) is 0.278. The summed E-state index contributed by atoms with van der Waals surface area (Å²) in [5, 5.41) is 0. The van der Waals surface area contributed by atoms with Crippen LogP contribution in [-0.2, 0) is 17.6 Å². The minimum Gasteiger partial charge on any atom is -0.497 e. The van der Waals surface area contributed by atoms with E-state index in [1.165, 1.54) is 5.56 Å². The first-order valence-corrected chi connectivity index (χ1v) is 7.10. The molecule has 0 unspecified atom stereocenters. The van der Waals surface area contributed by atoms with Crippen LogP contribution in [0.1, 0.15) is 11.1 Å². The summed E-state index contributed by atoms with van der Waals surface area (Å²) in [6.45, 7) is 0.720. The van der Waals surface area contributed by atoms with Crippen molar-refractivity contribution in [3.05, 3.63) is 65.7 Å². The number of methoxy groups -OCH3 is 1. The minimum absolute atomic E-state index is 0.148. The molecule has 1 amide bonds. The monoisotopic (exact) mass is 283 g/mol. The normalized spacial score (nSPS) is 10.2. The number of carbonyl (C=O) groups excluding carboxylic acids is 1. The highest BCUT2D eigenvalue weighted by Crippen LogP contribution is 2.12. The van der Waals surface area contributed by atoms with Gasteiger partial charge in [-0.05, 0) is 29.7 Å². The van der Waals surface area contributed by atoms with Crippen LogP contribution in [0.3, 0.4) is 0 Å². The maximum atomic E-state index is 12.1. The van der Waals surface area contributed by atoms with Crippen molar-refractivity contribution in [3.63, 3.8) is 0 Å². The largest absolute Gasteiger partial charge is 0.497 e. The molecule has 3 nitrogen and oxygen atoms in total. The van der Waals surface area contributed by atoms with Gasteiger partial charge in [0.2, 0.25) is 5.91 Å². The summed E-state index contributed by atoms with van der Waals surface area (Å²) in [6.07, 6.45) is 1.31. The van der Waals surface area contributed by atoms with Gasteiger partial charge in [0.15, 0.2) is 0 Å². The van der Waals surface area contributed by atoms with Gasteiger partial charge in [0.05, 0.1) is 13.5 Å². The molecule has 0 radical (unpaired) electrons. The molecule has 3 heteroatoms. The average molecular weight is 283 g/mol. The van der Waals surface area contributed by atoms with Crippen LogP contribution >= 0.6 is 0 Å². The van der Waals surface area contributed by atoms with Crippen molar-refractivity contribution in [2.24, 2.45) is 0 Å². The number of hydrogen-bond donors (Lipinski definition) is 0. The molecule has 0 aliphatic heterocycles. The van der Waals surface area contributed by atoms with Crippen LogP contribution in [0.5, 0.6) is 5.75 Å². The van der Waals surface area contributed by atoms with Crippen LogP contribution in [0.2, 0.25) is 0 Å². The first-order chi connectivity index (χ1) is 10.2. The van der Waals surface area contributed by atoms with E-state index in [-0.39, 0.29) is 5.91 Å². The lowest BCUT2D eigenvalue weighted by molar-refractivity contribution is -0.129. The molecule has 21 heavy (non-hydrogen) atoms. The van der Waals surface area contributed by atoms with Gasteiger partial charge in [0.1, 0.15) is 5.75 Å². The number of rotatable bonds is 6. The van der Waals surface area contributed by atoms with E-state index in [0.717, 1.165) is 24.3 Å². The Hall–Kier alpha value is -2.29. The summed E-state index contributed by atoms with van der Waals surface area (Å²) in [6, 6.07) is 17.8. The fourth-order valence-corrected chi connectivity index (χ4v) is 2.12. The average Bonchev–Trinajstić information content (AvgIpc) is 2.54. The Morgan fingerprint density at radius 3 is 2.29 bits per heavy atom. The van der Waals surface area contributed by atoms with E-state index < -0.39 is 0 Å². The maximum absolute atomic E-state index is 12.1. The molecule has 0 saturated heterocycles. The van der Waals surface area contributed by atoms with E-state index in [1.54, 1.807) is 12.0 Å². The highest BCUT2D eigenvalue weighted by atomic mass is 16.5. The van der Waals surface area contributed by atoms with Crippen LogP contribution in [0.15, 0.2) is 54.6 Å². The van der Waals surface area contributed by atoms with Crippen LogP contribution in [-0.4, -0.2) is 31.5 Å². The summed E-state index contributed by atoms with van der Waals surface area (Å²) < 4.78 is 5.13. The number of amides is 1. The molecular formula is C18H21NO2. The molecular weight excluding hydrogens is 262 g/mol. The van der Waals surface area contributed by atoms with Crippen LogP contribution in [0, 0.1) is 0 Å². The molecule has 0 aliphatic rings. The summed E-state index contributed by atoms with van der Waals surface area (Å²) in [4.78, 5) is 13.9. The highest BCUT2D eigenvalue weighted by molar-refractivity contribution is 5.78. The third-order valence-corrected chi connectivity index (χ3v) is 3.52. The molecule has 0 atom stereocenters. The summed E-state index contributed by atoms with van der Waals surface area (Å²) in [5.41, 5.74) is 2.26. The van der Waals surface area contributed by atoms with Gasteiger partial charge in [-0.2, -0.15) is 0 Å². The lowest BCUT2D eigenvalue weighted by Crippen LogP contribution is -2.30. The van der Waals surface area contributed by atoms with Crippen LogP contribution < -0.4 is 4.74 Å². The Balaban J connectivity index is 1.83. The molecule has 0 saturated carbocycles. The van der Waals surface area contributed by atoms with Gasteiger partial charge in [0, 0.05) is 13.6 Å². The number of carbonyl (C=O) groups is 1. The summed E-state index contributed by atoms with van der Waals surface area (Å²) in [7, 11) is 3.51. The lowest BCUT2D eigenvalue weighted by Gasteiger charge is -2.17. The van der Waals surface area contributed by atoms with E-state index in [4.69, 9.17) is 4.74 Å². The van der Waals surface area contributed by atoms with Gasteiger partial charge in [0.25, 0.3) is 0 Å². The Morgan fingerprint density at radius 1 is 1.00 bits per heavy atom. The molecule has 0 fully saturated rings. The Labute approximate surface area is 126 Å². The number of benzene rings is 2. The highest BCUT2D eigenvalue weighted by Gasteiger charge is 2.09. The fourth-order valence-electron chi connectivity index (χ4n) is 2.12. The standard InChI is InChI=1S/C18H21NO2/c1-19(18(20)14-16-6-4-3-5-7-16)13-12-15-8-10-17(21-2)11-9-15/h3-11H,12-14H2,1-2H3. The smallest absolute Gasteiger partial charge is 0.226 e. The van der Waals surface area contributed by atoms with Crippen molar-refractivity contribution >= 4 is 5.91 Å². The molecule has 110 valence electrons. The van der Waals surface area contributed by atoms with Crippen molar-refractivity contribution in [1.29, 1.82) is 0 Å². The van der Waals surface area contributed by atoms with Crippen molar-refractivity contribution in [3.8, 4) is 5.75 Å². The molecule has 0 aromatic heterocycles. The topological polar surface area (TPSA) is 29.5 Å². The zero-order chi connectivity index (χ0) is 15.1. The van der Waals surface area contributed by atoms with Crippen molar-refractivity contribution in [1.82, 2.24) is 4.90 Å². The van der Waals surface area contributed by atoms with E-state index in [0.29, 0.717) is 6.42 Å². The molecule has 0 spiro atoms. The van der Waals surface area contributed by atoms with Crippen molar-refractivity contribution in [2.45, 2.75) is 12.8 Å². The second kappa shape index (κ2) is 7.48. The molecule has 2 aromatic carbocycles. The predicted molar refractivity (Wildman–Crippen MR) is 84.5 cm³/mol. The van der Waals surface area contributed by atoms with Gasteiger partial charge in [-0.1, -0.05) is 42.5 Å². The zero-order valence-electron chi connectivity index (χ0n) is 12.6. The number of ether oxygens (including phenoxy) is 1. The number of nitrogens with zero attached hydrogens (tertiary/aromatic N) is 1. The third-order valence-electron chi connectivity index (χ3n) is 3.52. The van der Waals surface area contributed by atoms with Gasteiger partial charge < -0.3 is 9.64 Å². The predicted octanol–water partition coefficient (Wildman–Crippen LogP) is 2.94. The Kier molecular flexibility index (Phi) is 5.38. The Bertz CT molecular complexity index is 564. The third kappa shape index (κ3) is 4.63. The zero-order valence-corrected chi connectivity index (χ0v) is 12.6. The lowest BCUT2D eigenvalue weighted by atomic mass is 10.1. The molecule has 0 bridgehead atoms. The van der Waals surface area contributed by atoms with Crippen molar-refractivity contribution in [2.75, 3.05) is 20.7 Å². The maximum Gasteiger partial charge on any atom is 0.226 e. The van der Waals surface area contributed by atoms with Crippen molar-refractivity contribution < 1.29 is 9.53 Å². The molecule has 0 heterocycles. The first kappa shape index (κ1) is 15.1. The van der Waals surface area contributed by atoms with Gasteiger partial charge in [-0.25, -0.2) is 0 Å². The Morgan fingerprint density at radius 2 is 1.67 bits per heavy atom. The van der Waals surface area contributed by atoms with E-state index in [1.807, 2.05) is 61.6 Å². The van der Waals surface area contributed by atoms with E-state index in [9.17, 15) is 4.79 Å². The number of hydrogen-bond acceptors (Lipinski definition) is 2. The minimum atomic E-state index is 0.148. The summed E-state index contributed by atoms with van der Waals surface area (Å²) >= 11 is 0. The number of likely N-dealkylation sites (N-methyl/N-ethyl adjacent to an activating group) is 1. The van der Waals surface area contributed by atoms with E-state index in [2.05, 4.69) is 0 Å². The van der Waals surface area contributed by atoms with Gasteiger partial charge >= 0.3 is 0 Å². The van der Waals surface area contributed by atoms with Gasteiger partial charge in [-0.15, -0.1) is 0 Å². The second-order valence-electron chi connectivity index (χ2n) is 5.08. The first-order valence-electron chi connectivity index (χ1n) is 7.10. The van der Waals surface area contributed by atoms with Crippen LogP contribution in [0.25, 0.3) is 0 Å². The second-order valence-corrected chi connectivity index (χ2v) is 5.08. The quantitative estimate of drug-likeness (QED) is 0.816. The summed E-state index contributed by atoms with van der Waals surface area (Å²) in [5.74, 6) is 1.00. The molecule has 0 aliphatic carbocycles. The van der Waals surface area contributed by atoms with Gasteiger partial charge in [-0.3, -0.25) is 4.79 Å². The SMILES string of the molecule is COc1ccc(CCN(C)C(=O)Cc2ccccc2)cc1. The molecule has 0 N–H and O–H groups in total. The van der Waals surface area contributed by atoms with Crippen LogP contribution in [0.4, 0.5) is 0 Å². The molecule has 2 aromatic rings.